The van der Waals surface area contributed by atoms with Crippen LogP contribution in [0.4, 0.5) is 5.69 Å². The third-order valence-electron chi connectivity index (χ3n) is 3.91. The topological polar surface area (TPSA) is 74.4 Å². The van der Waals surface area contributed by atoms with Gasteiger partial charge in [0, 0.05) is 35.8 Å². The van der Waals surface area contributed by atoms with Crippen LogP contribution in [0.15, 0.2) is 30.5 Å². The van der Waals surface area contributed by atoms with Gasteiger partial charge in [-0.25, -0.2) is 0 Å². The molecule has 3 rings (SSSR count). The van der Waals surface area contributed by atoms with Crippen molar-refractivity contribution in [3.05, 3.63) is 40.6 Å². The number of ether oxygens (including phenoxy) is 1. The molecule has 0 saturated heterocycles. The molecule has 0 N–H and O–H groups in total. The molecule has 0 unspecified atom stereocenters. The van der Waals surface area contributed by atoms with Gasteiger partial charge in [-0.05, 0) is 25.0 Å². The number of hydrogen-bond donors (Lipinski definition) is 0. The molecule has 1 aromatic carbocycles. The molecule has 1 aromatic heterocycles. The predicted octanol–water partition coefficient (Wildman–Crippen LogP) is 2.50. The fourth-order valence-corrected chi connectivity index (χ4v) is 2.56. The van der Waals surface area contributed by atoms with E-state index in [9.17, 15) is 14.9 Å². The lowest BCUT2D eigenvalue weighted by Gasteiger charge is -2.14. The van der Waals surface area contributed by atoms with E-state index >= 15 is 0 Å². The van der Waals surface area contributed by atoms with E-state index in [1.165, 1.54) is 13.2 Å². The van der Waals surface area contributed by atoms with E-state index < -0.39 is 10.3 Å². The van der Waals surface area contributed by atoms with Gasteiger partial charge >= 0.3 is 5.97 Å². The summed E-state index contributed by atoms with van der Waals surface area (Å²) in [6.07, 6.45) is 3.51. The molecule has 1 aliphatic carbocycles. The van der Waals surface area contributed by atoms with Gasteiger partial charge in [0.1, 0.15) is 0 Å². The molecule has 0 spiro atoms. The SMILES string of the molecule is COC(=O)C1(Cn2ccc3cc([N+](=O)[O-])ccc32)CC1. The maximum absolute atomic E-state index is 11.8. The second-order valence-corrected chi connectivity index (χ2v) is 5.22. The van der Waals surface area contributed by atoms with Gasteiger partial charge in [-0.15, -0.1) is 0 Å². The normalized spacial score (nSPS) is 16.1. The van der Waals surface area contributed by atoms with Gasteiger partial charge in [-0.1, -0.05) is 0 Å². The Hall–Kier alpha value is -2.37. The standard InChI is InChI=1S/C14H14N2O4/c1-20-13(17)14(5-6-14)9-15-7-4-10-8-11(16(18)19)2-3-12(10)15/h2-4,7-8H,5-6,9H2,1H3. The number of carbonyl (C=O) groups is 1. The second kappa shape index (κ2) is 4.33. The summed E-state index contributed by atoms with van der Waals surface area (Å²) in [6.45, 7) is 0.557. The minimum absolute atomic E-state index is 0.0735. The highest BCUT2D eigenvalue weighted by molar-refractivity contribution is 5.83. The summed E-state index contributed by atoms with van der Waals surface area (Å²) in [6, 6.07) is 6.58. The molecular weight excluding hydrogens is 260 g/mol. The molecule has 1 aliphatic rings. The van der Waals surface area contributed by atoms with Crippen molar-refractivity contribution in [1.29, 1.82) is 0 Å². The van der Waals surface area contributed by atoms with Crippen molar-refractivity contribution in [2.45, 2.75) is 19.4 Å². The number of rotatable bonds is 4. The van der Waals surface area contributed by atoms with Gasteiger partial charge in [0.15, 0.2) is 0 Å². The molecule has 0 radical (unpaired) electrons. The second-order valence-electron chi connectivity index (χ2n) is 5.22. The predicted molar refractivity (Wildman–Crippen MR) is 72.3 cm³/mol. The van der Waals surface area contributed by atoms with E-state index in [0.717, 1.165) is 23.7 Å². The lowest BCUT2D eigenvalue weighted by molar-refractivity contribution is -0.384. The van der Waals surface area contributed by atoms with E-state index in [1.54, 1.807) is 12.1 Å². The van der Waals surface area contributed by atoms with Crippen molar-refractivity contribution in [3.8, 4) is 0 Å². The molecule has 0 atom stereocenters. The lowest BCUT2D eigenvalue weighted by atomic mass is 10.1. The summed E-state index contributed by atoms with van der Waals surface area (Å²) in [5, 5.41) is 11.6. The van der Waals surface area contributed by atoms with E-state index in [4.69, 9.17) is 4.74 Å². The maximum Gasteiger partial charge on any atom is 0.313 e. The average molecular weight is 274 g/mol. The molecule has 0 bridgehead atoms. The van der Waals surface area contributed by atoms with E-state index in [2.05, 4.69) is 0 Å². The average Bonchev–Trinajstić information content (AvgIpc) is 3.13. The Bertz CT molecular complexity index is 700. The molecule has 1 heterocycles. The fraction of sp³-hybridized carbons (Fsp3) is 0.357. The Labute approximate surface area is 115 Å². The number of nitro groups is 1. The van der Waals surface area contributed by atoms with Crippen LogP contribution >= 0.6 is 0 Å². The number of aromatic nitrogens is 1. The number of benzene rings is 1. The van der Waals surface area contributed by atoms with Crippen LogP contribution in [0, 0.1) is 15.5 Å². The zero-order chi connectivity index (χ0) is 14.3. The largest absolute Gasteiger partial charge is 0.469 e. The van der Waals surface area contributed by atoms with Crippen LogP contribution in [-0.2, 0) is 16.1 Å². The number of carbonyl (C=O) groups excluding carboxylic acids is 1. The first-order valence-electron chi connectivity index (χ1n) is 6.37. The Balaban J connectivity index is 1.94. The highest BCUT2D eigenvalue weighted by Crippen LogP contribution is 2.48. The zero-order valence-corrected chi connectivity index (χ0v) is 11.0. The van der Waals surface area contributed by atoms with Gasteiger partial charge in [-0.3, -0.25) is 14.9 Å². The monoisotopic (exact) mass is 274 g/mol. The summed E-state index contributed by atoms with van der Waals surface area (Å²) >= 11 is 0. The van der Waals surface area contributed by atoms with Crippen molar-refractivity contribution in [1.82, 2.24) is 4.57 Å². The first-order chi connectivity index (χ1) is 9.55. The van der Waals surface area contributed by atoms with Gasteiger partial charge in [0.25, 0.3) is 5.69 Å². The van der Waals surface area contributed by atoms with Crippen LogP contribution in [0.2, 0.25) is 0 Å². The van der Waals surface area contributed by atoms with Gasteiger partial charge in [-0.2, -0.15) is 0 Å². The highest BCUT2D eigenvalue weighted by atomic mass is 16.6. The number of esters is 1. The van der Waals surface area contributed by atoms with Crippen LogP contribution in [0.1, 0.15) is 12.8 Å². The lowest BCUT2D eigenvalue weighted by Crippen LogP contribution is -2.22. The van der Waals surface area contributed by atoms with Crippen LogP contribution in [-0.4, -0.2) is 22.6 Å². The summed E-state index contributed by atoms with van der Waals surface area (Å²) in [7, 11) is 1.40. The van der Waals surface area contributed by atoms with E-state index in [1.807, 2.05) is 16.8 Å². The summed E-state index contributed by atoms with van der Waals surface area (Å²) in [4.78, 5) is 22.1. The zero-order valence-electron chi connectivity index (χ0n) is 11.0. The Morgan fingerprint density at radius 1 is 1.45 bits per heavy atom. The van der Waals surface area contributed by atoms with E-state index in [0.29, 0.717) is 6.54 Å². The molecule has 104 valence electrons. The van der Waals surface area contributed by atoms with E-state index in [-0.39, 0.29) is 11.7 Å². The summed E-state index contributed by atoms with van der Waals surface area (Å²) in [5.74, 6) is -0.179. The molecule has 0 aliphatic heterocycles. The number of nitro benzene ring substituents is 1. The molecule has 6 nitrogen and oxygen atoms in total. The van der Waals surface area contributed by atoms with Crippen LogP contribution in [0.5, 0.6) is 0 Å². The minimum atomic E-state index is -0.414. The quantitative estimate of drug-likeness (QED) is 0.487. The number of hydrogen-bond acceptors (Lipinski definition) is 4. The Morgan fingerprint density at radius 2 is 2.20 bits per heavy atom. The van der Waals surface area contributed by atoms with Crippen LogP contribution < -0.4 is 0 Å². The van der Waals surface area contributed by atoms with Gasteiger partial charge < -0.3 is 9.30 Å². The smallest absolute Gasteiger partial charge is 0.313 e. The number of methoxy groups -OCH3 is 1. The molecule has 2 aromatic rings. The molecule has 20 heavy (non-hydrogen) atoms. The fourth-order valence-electron chi connectivity index (χ4n) is 2.56. The Kier molecular flexibility index (Phi) is 2.74. The third kappa shape index (κ3) is 1.93. The van der Waals surface area contributed by atoms with Gasteiger partial charge in [0.05, 0.1) is 17.4 Å². The van der Waals surface area contributed by atoms with Crippen LogP contribution in [0.3, 0.4) is 0 Å². The highest BCUT2D eigenvalue weighted by Gasteiger charge is 2.51. The number of nitrogens with zero attached hydrogens (tertiary/aromatic N) is 2. The molecule has 6 heteroatoms. The minimum Gasteiger partial charge on any atom is -0.469 e. The molecule has 1 saturated carbocycles. The summed E-state index contributed by atoms with van der Waals surface area (Å²) < 4.78 is 6.81. The number of non-ortho nitro benzene ring substituents is 1. The maximum atomic E-state index is 11.8. The van der Waals surface area contributed by atoms with Crippen molar-refractivity contribution in [2.75, 3.05) is 7.11 Å². The molecule has 1 fully saturated rings. The van der Waals surface area contributed by atoms with Crippen molar-refractivity contribution >= 4 is 22.6 Å². The molecular formula is C14H14N2O4. The van der Waals surface area contributed by atoms with Crippen LogP contribution in [0.25, 0.3) is 10.9 Å². The summed E-state index contributed by atoms with van der Waals surface area (Å²) in [5.41, 5.74) is 0.554. The molecule has 0 amide bonds. The first kappa shape index (κ1) is 12.7. The van der Waals surface area contributed by atoms with Gasteiger partial charge in [0.2, 0.25) is 0 Å². The third-order valence-corrected chi connectivity index (χ3v) is 3.91. The van der Waals surface area contributed by atoms with Crippen molar-refractivity contribution in [2.24, 2.45) is 5.41 Å². The van der Waals surface area contributed by atoms with Crippen molar-refractivity contribution < 1.29 is 14.5 Å². The Morgan fingerprint density at radius 3 is 2.80 bits per heavy atom. The first-order valence-corrected chi connectivity index (χ1v) is 6.37. The van der Waals surface area contributed by atoms with Crippen molar-refractivity contribution in [3.63, 3.8) is 0 Å². The number of fused-ring (bicyclic) bond motifs is 1.